The Bertz CT molecular complexity index is 948. The van der Waals surface area contributed by atoms with Crippen LogP contribution in [-0.2, 0) is 13.2 Å². The van der Waals surface area contributed by atoms with Crippen molar-refractivity contribution >= 4 is 15.9 Å². The number of ether oxygens (including phenoxy) is 1. The molecule has 1 heterocycles. The molecule has 0 radical (unpaired) electrons. The van der Waals surface area contributed by atoms with Gasteiger partial charge in [-0.2, -0.15) is 13.2 Å². The molecule has 2 aromatic rings. The Morgan fingerprint density at radius 2 is 1.81 bits per heavy atom. The molecule has 0 bridgehead atoms. The van der Waals surface area contributed by atoms with Gasteiger partial charge in [-0.3, -0.25) is 9.36 Å². The highest BCUT2D eigenvalue weighted by Gasteiger charge is 2.35. The SMILES string of the molecule is CC(C)COc1cc(-n2c(=O)cc(C(F)(F)F)n(C)c2=O)c(F)cc1Br. The van der Waals surface area contributed by atoms with Gasteiger partial charge in [-0.15, -0.1) is 0 Å². The molecule has 2 rings (SSSR count). The van der Waals surface area contributed by atoms with Gasteiger partial charge >= 0.3 is 11.9 Å². The van der Waals surface area contributed by atoms with E-state index in [0.717, 1.165) is 19.2 Å². The fourth-order valence-electron chi connectivity index (χ4n) is 2.18. The minimum Gasteiger partial charge on any atom is -0.492 e. The molecule has 0 N–H and O–H groups in total. The van der Waals surface area contributed by atoms with Crippen molar-refractivity contribution in [1.29, 1.82) is 0 Å². The van der Waals surface area contributed by atoms with E-state index in [9.17, 15) is 27.2 Å². The van der Waals surface area contributed by atoms with E-state index in [1.54, 1.807) is 0 Å². The summed E-state index contributed by atoms with van der Waals surface area (Å²) in [5.41, 5.74) is -4.53. The van der Waals surface area contributed by atoms with Gasteiger partial charge in [-0.1, -0.05) is 13.8 Å². The van der Waals surface area contributed by atoms with Gasteiger partial charge in [0.15, 0.2) is 0 Å². The molecule has 0 spiro atoms. The van der Waals surface area contributed by atoms with Crippen LogP contribution >= 0.6 is 15.9 Å². The fourth-order valence-corrected chi connectivity index (χ4v) is 2.61. The second-order valence-electron chi connectivity index (χ2n) is 5.98. The van der Waals surface area contributed by atoms with Crippen LogP contribution in [-0.4, -0.2) is 15.7 Å². The van der Waals surface area contributed by atoms with Crippen LogP contribution in [0.15, 0.2) is 32.3 Å². The molecule has 142 valence electrons. The molecule has 0 unspecified atom stereocenters. The summed E-state index contributed by atoms with van der Waals surface area (Å²) in [6.45, 7) is 4.05. The number of hydrogen-bond donors (Lipinski definition) is 0. The summed E-state index contributed by atoms with van der Waals surface area (Å²) >= 11 is 3.11. The first-order valence-electron chi connectivity index (χ1n) is 7.46. The third-order valence-electron chi connectivity index (χ3n) is 3.43. The summed E-state index contributed by atoms with van der Waals surface area (Å²) in [4.78, 5) is 24.4. The first-order chi connectivity index (χ1) is 11.9. The Labute approximate surface area is 154 Å². The normalized spacial score (nSPS) is 11.9. The van der Waals surface area contributed by atoms with Crippen LogP contribution in [0.25, 0.3) is 5.69 Å². The van der Waals surface area contributed by atoms with Gasteiger partial charge in [-0.05, 0) is 27.9 Å². The van der Waals surface area contributed by atoms with Crippen molar-refractivity contribution in [1.82, 2.24) is 9.13 Å². The van der Waals surface area contributed by atoms with E-state index < -0.39 is 34.6 Å². The number of hydrogen-bond acceptors (Lipinski definition) is 3. The zero-order valence-electron chi connectivity index (χ0n) is 14.0. The summed E-state index contributed by atoms with van der Waals surface area (Å²) < 4.78 is 59.4. The summed E-state index contributed by atoms with van der Waals surface area (Å²) in [7, 11) is 0.855. The highest BCUT2D eigenvalue weighted by Crippen LogP contribution is 2.30. The number of aromatic nitrogens is 2. The molecule has 0 saturated heterocycles. The number of halogens is 5. The molecule has 0 saturated carbocycles. The quantitative estimate of drug-likeness (QED) is 0.686. The molecule has 0 aliphatic rings. The van der Waals surface area contributed by atoms with E-state index in [1.165, 1.54) is 0 Å². The van der Waals surface area contributed by atoms with E-state index >= 15 is 0 Å². The standard InChI is InChI=1S/C16H15BrF4N2O3/c1-8(2)7-26-12-5-11(10(18)4-9(12)17)23-14(24)6-13(16(19,20)21)22(3)15(23)25/h4-6,8H,7H2,1-3H3. The summed E-state index contributed by atoms with van der Waals surface area (Å²) in [5.74, 6) is -0.659. The average Bonchev–Trinajstić information content (AvgIpc) is 2.50. The number of nitrogens with zero attached hydrogens (tertiary/aromatic N) is 2. The van der Waals surface area contributed by atoms with Crippen LogP contribution < -0.4 is 16.0 Å². The average molecular weight is 439 g/mol. The smallest absolute Gasteiger partial charge is 0.431 e. The lowest BCUT2D eigenvalue weighted by Gasteiger charge is -2.16. The number of alkyl halides is 3. The third-order valence-corrected chi connectivity index (χ3v) is 4.04. The number of benzene rings is 1. The van der Waals surface area contributed by atoms with Crippen molar-refractivity contribution in [2.75, 3.05) is 6.61 Å². The van der Waals surface area contributed by atoms with Crippen molar-refractivity contribution in [3.8, 4) is 11.4 Å². The van der Waals surface area contributed by atoms with Crippen molar-refractivity contribution < 1.29 is 22.3 Å². The Morgan fingerprint density at radius 3 is 2.35 bits per heavy atom. The van der Waals surface area contributed by atoms with Crippen LogP contribution in [0.4, 0.5) is 17.6 Å². The molecule has 0 aliphatic carbocycles. The maximum atomic E-state index is 14.3. The first-order valence-corrected chi connectivity index (χ1v) is 8.25. The second-order valence-corrected chi connectivity index (χ2v) is 6.84. The number of rotatable bonds is 4. The van der Waals surface area contributed by atoms with E-state index in [0.29, 0.717) is 4.57 Å². The van der Waals surface area contributed by atoms with Crippen LogP contribution in [0.2, 0.25) is 0 Å². The zero-order chi connectivity index (χ0) is 19.8. The summed E-state index contributed by atoms with van der Waals surface area (Å²) in [6, 6.07) is 2.32. The molecular weight excluding hydrogens is 424 g/mol. The van der Waals surface area contributed by atoms with Gasteiger partial charge < -0.3 is 4.74 Å². The lowest BCUT2D eigenvalue weighted by atomic mass is 10.2. The summed E-state index contributed by atoms with van der Waals surface area (Å²) in [6.07, 6.45) is -4.89. The maximum absolute atomic E-state index is 14.3. The molecular formula is C16H15BrF4N2O3. The highest BCUT2D eigenvalue weighted by atomic mass is 79.9. The lowest BCUT2D eigenvalue weighted by molar-refractivity contribution is -0.144. The molecule has 26 heavy (non-hydrogen) atoms. The van der Waals surface area contributed by atoms with Crippen LogP contribution in [0, 0.1) is 11.7 Å². The van der Waals surface area contributed by atoms with E-state index in [1.807, 2.05) is 13.8 Å². The predicted octanol–water partition coefficient (Wildman–Crippen LogP) is 3.49. The van der Waals surface area contributed by atoms with Gasteiger partial charge in [0.05, 0.1) is 16.8 Å². The first kappa shape index (κ1) is 20.2. The van der Waals surface area contributed by atoms with E-state index in [-0.39, 0.29) is 33.4 Å². The molecule has 1 aromatic carbocycles. The van der Waals surface area contributed by atoms with E-state index in [2.05, 4.69) is 15.9 Å². The van der Waals surface area contributed by atoms with Gasteiger partial charge in [-0.25, -0.2) is 13.8 Å². The third kappa shape index (κ3) is 4.00. The van der Waals surface area contributed by atoms with Crippen LogP contribution in [0.3, 0.4) is 0 Å². The van der Waals surface area contributed by atoms with Gasteiger partial charge in [0.2, 0.25) is 0 Å². The summed E-state index contributed by atoms with van der Waals surface area (Å²) in [5, 5.41) is 0. The molecule has 0 amide bonds. The van der Waals surface area contributed by atoms with Gasteiger partial charge in [0, 0.05) is 19.2 Å². The predicted molar refractivity (Wildman–Crippen MR) is 90.3 cm³/mol. The topological polar surface area (TPSA) is 53.2 Å². The van der Waals surface area contributed by atoms with Gasteiger partial charge in [0.25, 0.3) is 5.56 Å². The monoisotopic (exact) mass is 438 g/mol. The van der Waals surface area contributed by atoms with Crippen molar-refractivity contribution in [2.24, 2.45) is 13.0 Å². The second kappa shape index (κ2) is 7.26. The molecule has 5 nitrogen and oxygen atoms in total. The minimum atomic E-state index is -4.89. The van der Waals surface area contributed by atoms with E-state index in [4.69, 9.17) is 4.74 Å². The van der Waals surface area contributed by atoms with Crippen molar-refractivity contribution in [3.63, 3.8) is 0 Å². The van der Waals surface area contributed by atoms with Crippen molar-refractivity contribution in [3.05, 3.63) is 55.0 Å². The fraction of sp³-hybridized carbons (Fsp3) is 0.375. The highest BCUT2D eigenvalue weighted by molar-refractivity contribution is 9.10. The lowest BCUT2D eigenvalue weighted by Crippen LogP contribution is -2.41. The Morgan fingerprint density at radius 1 is 1.19 bits per heavy atom. The van der Waals surface area contributed by atoms with Crippen LogP contribution in [0.1, 0.15) is 19.5 Å². The Balaban J connectivity index is 2.69. The minimum absolute atomic E-state index is 0.150. The molecule has 1 aromatic heterocycles. The largest absolute Gasteiger partial charge is 0.492 e. The zero-order valence-corrected chi connectivity index (χ0v) is 15.6. The maximum Gasteiger partial charge on any atom is 0.431 e. The van der Waals surface area contributed by atoms with Crippen molar-refractivity contribution in [2.45, 2.75) is 20.0 Å². The Kier molecular flexibility index (Phi) is 5.64. The molecule has 0 fully saturated rings. The molecule has 0 aliphatic heterocycles. The molecule has 10 heteroatoms. The van der Waals surface area contributed by atoms with Crippen LogP contribution in [0.5, 0.6) is 5.75 Å². The Hall–Kier alpha value is -2.10. The van der Waals surface area contributed by atoms with Gasteiger partial charge in [0.1, 0.15) is 17.3 Å². The molecule has 0 atom stereocenters.